The predicted molar refractivity (Wildman–Crippen MR) is 61.5 cm³/mol. The van der Waals surface area contributed by atoms with Gasteiger partial charge >= 0.3 is 0 Å². The van der Waals surface area contributed by atoms with Gasteiger partial charge in [0, 0.05) is 18.6 Å². The number of hydrogen-bond acceptors (Lipinski definition) is 0. The van der Waals surface area contributed by atoms with Gasteiger partial charge in [-0.25, -0.2) is 4.57 Å². The van der Waals surface area contributed by atoms with Gasteiger partial charge in [0.15, 0.2) is 18.4 Å². The van der Waals surface area contributed by atoms with Gasteiger partial charge in [-0.2, -0.15) is 0 Å². The number of alkyl halides is 1. The highest BCUT2D eigenvalue weighted by Crippen LogP contribution is 2.28. The smallest absolute Gasteiger partial charge is 0.170 e. The third-order valence-corrected chi connectivity index (χ3v) is 4.09. The first-order chi connectivity index (χ1) is 6.88. The second-order valence-corrected chi connectivity index (χ2v) is 5.22. The van der Waals surface area contributed by atoms with Crippen molar-refractivity contribution < 1.29 is 21.5 Å². The Morgan fingerprint density at radius 1 is 0.933 bits per heavy atom. The third-order valence-electron chi connectivity index (χ3n) is 3.02. The topological polar surface area (TPSA) is 3.88 Å². The molecule has 1 aromatic heterocycles. The summed E-state index contributed by atoms with van der Waals surface area (Å²) in [7, 11) is 0. The van der Waals surface area contributed by atoms with E-state index in [1.807, 2.05) is 0 Å². The standard InChI is InChI=1S/C12H17BrN.BrH/c13-11-7-3-1-4-8-12(11)14-9-5-2-6-10-14;/h2,5-6,9-12H,1,3-4,7-8H2;1H/q+1;/p-1/t11-,12?;/m0./s1. The zero-order valence-electron chi connectivity index (χ0n) is 8.78. The first-order valence-electron chi connectivity index (χ1n) is 5.48. The van der Waals surface area contributed by atoms with Gasteiger partial charge < -0.3 is 17.0 Å². The monoisotopic (exact) mass is 333 g/mol. The van der Waals surface area contributed by atoms with Crippen molar-refractivity contribution in [1.29, 1.82) is 0 Å². The fourth-order valence-electron chi connectivity index (χ4n) is 2.21. The van der Waals surface area contributed by atoms with Crippen LogP contribution in [0.15, 0.2) is 30.6 Å². The Balaban J connectivity index is 0.00000112. The lowest BCUT2D eigenvalue weighted by molar-refractivity contribution is -0.722. The van der Waals surface area contributed by atoms with E-state index in [0.29, 0.717) is 10.9 Å². The van der Waals surface area contributed by atoms with Gasteiger partial charge in [-0.1, -0.05) is 34.8 Å². The van der Waals surface area contributed by atoms with Gasteiger partial charge in [-0.05, 0) is 12.8 Å². The molecule has 1 aliphatic rings. The summed E-state index contributed by atoms with van der Waals surface area (Å²) in [5.74, 6) is 0. The Morgan fingerprint density at radius 3 is 2.33 bits per heavy atom. The molecule has 1 saturated carbocycles. The molecule has 1 heterocycles. The highest BCUT2D eigenvalue weighted by atomic mass is 79.9. The quantitative estimate of drug-likeness (QED) is 0.394. The van der Waals surface area contributed by atoms with Gasteiger partial charge in [-0.15, -0.1) is 0 Å². The maximum absolute atomic E-state index is 3.82. The second kappa shape index (κ2) is 6.64. The van der Waals surface area contributed by atoms with Crippen molar-refractivity contribution in [3.8, 4) is 0 Å². The highest BCUT2D eigenvalue weighted by molar-refractivity contribution is 9.09. The molecule has 3 heteroatoms. The van der Waals surface area contributed by atoms with Crippen molar-refractivity contribution in [2.24, 2.45) is 0 Å². The SMILES string of the molecule is Br[C@H]1CCCCCC1[n+]1ccccc1.[Br-]. The van der Waals surface area contributed by atoms with E-state index in [9.17, 15) is 0 Å². The van der Waals surface area contributed by atoms with E-state index in [2.05, 4.69) is 51.1 Å². The molecule has 0 aliphatic heterocycles. The summed E-state index contributed by atoms with van der Waals surface area (Å²) in [6.07, 6.45) is 11.1. The van der Waals surface area contributed by atoms with Gasteiger partial charge in [0.05, 0.1) is 4.83 Å². The van der Waals surface area contributed by atoms with E-state index in [-0.39, 0.29) is 17.0 Å². The number of pyridine rings is 1. The lowest BCUT2D eigenvalue weighted by atomic mass is 10.1. The molecule has 1 fully saturated rings. The van der Waals surface area contributed by atoms with Crippen molar-refractivity contribution in [3.05, 3.63) is 30.6 Å². The summed E-state index contributed by atoms with van der Waals surface area (Å²) < 4.78 is 2.35. The number of hydrogen-bond donors (Lipinski definition) is 0. The molecule has 84 valence electrons. The Morgan fingerprint density at radius 2 is 1.60 bits per heavy atom. The van der Waals surface area contributed by atoms with Crippen molar-refractivity contribution in [3.63, 3.8) is 0 Å². The number of halogens is 2. The summed E-state index contributed by atoms with van der Waals surface area (Å²) in [5.41, 5.74) is 0. The van der Waals surface area contributed by atoms with E-state index in [1.165, 1.54) is 32.1 Å². The summed E-state index contributed by atoms with van der Waals surface area (Å²) in [6, 6.07) is 6.96. The molecule has 0 radical (unpaired) electrons. The van der Waals surface area contributed by atoms with Crippen LogP contribution in [-0.4, -0.2) is 4.83 Å². The van der Waals surface area contributed by atoms with E-state index >= 15 is 0 Å². The molecule has 0 spiro atoms. The van der Waals surface area contributed by atoms with Gasteiger partial charge in [0.25, 0.3) is 0 Å². The molecule has 1 aliphatic carbocycles. The summed E-state index contributed by atoms with van der Waals surface area (Å²) >= 11 is 3.82. The van der Waals surface area contributed by atoms with Crippen LogP contribution in [0.4, 0.5) is 0 Å². The predicted octanol–water partition coefficient (Wildman–Crippen LogP) is 0.247. The van der Waals surface area contributed by atoms with Crippen molar-refractivity contribution >= 4 is 15.9 Å². The molecule has 0 aromatic carbocycles. The largest absolute Gasteiger partial charge is 1.00 e. The van der Waals surface area contributed by atoms with Crippen LogP contribution >= 0.6 is 15.9 Å². The first kappa shape index (κ1) is 13.2. The van der Waals surface area contributed by atoms with E-state index in [4.69, 9.17) is 0 Å². The number of aromatic nitrogens is 1. The summed E-state index contributed by atoms with van der Waals surface area (Å²) in [4.78, 5) is 0.650. The van der Waals surface area contributed by atoms with Crippen LogP contribution < -0.4 is 21.5 Å². The molecule has 2 rings (SSSR count). The number of nitrogens with zero attached hydrogens (tertiary/aromatic N) is 1. The van der Waals surface area contributed by atoms with Crippen molar-refractivity contribution in [1.82, 2.24) is 0 Å². The fraction of sp³-hybridized carbons (Fsp3) is 0.583. The summed E-state index contributed by atoms with van der Waals surface area (Å²) in [6.45, 7) is 0. The Bertz CT molecular complexity index is 276. The Kier molecular flexibility index (Phi) is 5.83. The lowest BCUT2D eigenvalue weighted by Gasteiger charge is -2.14. The number of rotatable bonds is 1. The fourth-order valence-corrected chi connectivity index (χ4v) is 3.07. The van der Waals surface area contributed by atoms with Gasteiger partial charge in [0.2, 0.25) is 0 Å². The second-order valence-electron chi connectivity index (χ2n) is 4.04. The lowest BCUT2D eigenvalue weighted by Crippen LogP contribution is -3.00. The molecule has 0 saturated heterocycles. The molecule has 0 amide bonds. The van der Waals surface area contributed by atoms with Crippen LogP contribution in [0.5, 0.6) is 0 Å². The van der Waals surface area contributed by atoms with Crippen molar-refractivity contribution in [2.75, 3.05) is 0 Å². The van der Waals surface area contributed by atoms with Crippen LogP contribution in [0.25, 0.3) is 0 Å². The maximum Gasteiger partial charge on any atom is 0.170 e. The average molecular weight is 335 g/mol. The maximum atomic E-state index is 3.82. The highest BCUT2D eigenvalue weighted by Gasteiger charge is 2.28. The van der Waals surface area contributed by atoms with Crippen LogP contribution in [0.1, 0.15) is 38.1 Å². The molecule has 0 N–H and O–H groups in total. The van der Waals surface area contributed by atoms with Gasteiger partial charge in [0.1, 0.15) is 0 Å². The van der Waals surface area contributed by atoms with Crippen LogP contribution in [0.2, 0.25) is 0 Å². The molecule has 0 bridgehead atoms. The molecule has 1 aromatic rings. The molecular weight excluding hydrogens is 318 g/mol. The van der Waals surface area contributed by atoms with Gasteiger partial charge in [-0.3, -0.25) is 0 Å². The molecule has 1 nitrogen and oxygen atoms in total. The zero-order chi connectivity index (χ0) is 9.80. The molecule has 2 atom stereocenters. The Hall–Kier alpha value is 0.110. The minimum absolute atomic E-state index is 0. The van der Waals surface area contributed by atoms with E-state index in [1.54, 1.807) is 0 Å². The average Bonchev–Trinajstić information content (AvgIpc) is 2.44. The van der Waals surface area contributed by atoms with Crippen LogP contribution in [0.3, 0.4) is 0 Å². The van der Waals surface area contributed by atoms with Crippen LogP contribution in [-0.2, 0) is 0 Å². The normalized spacial score (nSPS) is 26.5. The minimum atomic E-state index is 0. The molecular formula is C12H17Br2N. The summed E-state index contributed by atoms with van der Waals surface area (Å²) in [5, 5.41) is 0. The molecule has 15 heavy (non-hydrogen) atoms. The Labute approximate surface area is 111 Å². The first-order valence-corrected chi connectivity index (χ1v) is 6.39. The zero-order valence-corrected chi connectivity index (χ0v) is 12.0. The van der Waals surface area contributed by atoms with E-state index in [0.717, 1.165) is 0 Å². The third kappa shape index (κ3) is 3.56. The van der Waals surface area contributed by atoms with Crippen molar-refractivity contribution in [2.45, 2.75) is 43.0 Å². The minimum Gasteiger partial charge on any atom is -1.00 e. The van der Waals surface area contributed by atoms with Crippen LogP contribution in [0, 0.1) is 0 Å². The van der Waals surface area contributed by atoms with E-state index < -0.39 is 0 Å². The molecule has 1 unspecified atom stereocenters.